The third-order valence-electron chi connectivity index (χ3n) is 3.44. The number of rotatable bonds is 2. The van der Waals surface area contributed by atoms with Crippen molar-refractivity contribution in [1.82, 2.24) is 9.78 Å². The zero-order chi connectivity index (χ0) is 14.0. The number of methoxy groups -OCH3 is 1. The van der Waals surface area contributed by atoms with E-state index in [1.165, 1.54) is 7.11 Å². The molecular weight excluding hydrogens is 244 g/mol. The van der Waals surface area contributed by atoms with Gasteiger partial charge in [-0.1, -0.05) is 20.8 Å². The van der Waals surface area contributed by atoms with Crippen LogP contribution in [0, 0.1) is 0 Å². The summed E-state index contributed by atoms with van der Waals surface area (Å²) >= 11 is 0. The zero-order valence-corrected chi connectivity index (χ0v) is 12.1. The third kappa shape index (κ3) is 2.97. The lowest BCUT2D eigenvalue weighted by Crippen LogP contribution is -2.24. The van der Waals surface area contributed by atoms with Crippen molar-refractivity contribution >= 4 is 5.97 Å². The number of carbonyl (C=O) groups excluding carboxylic acids is 1. The van der Waals surface area contributed by atoms with Gasteiger partial charge in [-0.15, -0.1) is 0 Å². The molecule has 1 saturated heterocycles. The van der Waals surface area contributed by atoms with Crippen molar-refractivity contribution in [1.29, 1.82) is 0 Å². The standard InChI is InChI=1S/C14H22N2O3/c1-14(2,3)12-9-11(13(17)18-4)16(15-12)10-5-7-19-8-6-10/h9-10H,5-8H2,1-4H3. The largest absolute Gasteiger partial charge is 0.464 e. The van der Waals surface area contributed by atoms with Crippen molar-refractivity contribution in [3.05, 3.63) is 17.5 Å². The SMILES string of the molecule is COC(=O)c1cc(C(C)(C)C)nn1C1CCOCC1. The molecule has 0 aromatic carbocycles. The Morgan fingerprint density at radius 2 is 2.05 bits per heavy atom. The molecule has 1 fully saturated rings. The Morgan fingerprint density at radius 1 is 1.42 bits per heavy atom. The van der Waals surface area contributed by atoms with E-state index < -0.39 is 0 Å². The Hall–Kier alpha value is -1.36. The maximum absolute atomic E-state index is 11.9. The van der Waals surface area contributed by atoms with Crippen LogP contribution in [0.25, 0.3) is 0 Å². The van der Waals surface area contributed by atoms with E-state index >= 15 is 0 Å². The van der Waals surface area contributed by atoms with Gasteiger partial charge < -0.3 is 9.47 Å². The summed E-state index contributed by atoms with van der Waals surface area (Å²) < 4.78 is 12.1. The second kappa shape index (κ2) is 5.33. The summed E-state index contributed by atoms with van der Waals surface area (Å²) in [4.78, 5) is 11.9. The minimum Gasteiger partial charge on any atom is -0.464 e. The topological polar surface area (TPSA) is 53.3 Å². The molecule has 0 saturated carbocycles. The summed E-state index contributed by atoms with van der Waals surface area (Å²) in [6, 6.07) is 2.07. The predicted molar refractivity (Wildman–Crippen MR) is 71.4 cm³/mol. The quantitative estimate of drug-likeness (QED) is 0.771. The summed E-state index contributed by atoms with van der Waals surface area (Å²) in [7, 11) is 1.40. The number of esters is 1. The Bertz CT molecular complexity index is 454. The van der Waals surface area contributed by atoms with Crippen LogP contribution in [0.1, 0.15) is 55.8 Å². The molecule has 5 heteroatoms. The highest BCUT2D eigenvalue weighted by molar-refractivity contribution is 5.87. The maximum atomic E-state index is 11.9. The minimum absolute atomic E-state index is 0.0841. The molecule has 1 aromatic rings. The molecule has 0 radical (unpaired) electrons. The van der Waals surface area contributed by atoms with Crippen LogP contribution in [-0.4, -0.2) is 36.1 Å². The molecular formula is C14H22N2O3. The Balaban J connectivity index is 2.38. The first-order valence-electron chi connectivity index (χ1n) is 6.69. The lowest BCUT2D eigenvalue weighted by Gasteiger charge is -2.24. The molecule has 1 aliphatic rings. The highest BCUT2D eigenvalue weighted by Crippen LogP contribution is 2.27. The average molecular weight is 266 g/mol. The molecule has 0 bridgehead atoms. The number of hydrogen-bond donors (Lipinski definition) is 0. The lowest BCUT2D eigenvalue weighted by molar-refractivity contribution is 0.0526. The van der Waals surface area contributed by atoms with E-state index in [4.69, 9.17) is 9.47 Å². The first-order valence-corrected chi connectivity index (χ1v) is 6.69. The van der Waals surface area contributed by atoms with Crippen LogP contribution in [0.15, 0.2) is 6.07 Å². The Kier molecular flexibility index (Phi) is 3.94. The molecule has 5 nitrogen and oxygen atoms in total. The van der Waals surface area contributed by atoms with E-state index in [2.05, 4.69) is 25.9 Å². The van der Waals surface area contributed by atoms with Crippen LogP contribution >= 0.6 is 0 Å². The van der Waals surface area contributed by atoms with Crippen molar-refractivity contribution < 1.29 is 14.3 Å². The second-order valence-corrected chi connectivity index (χ2v) is 5.94. The highest BCUT2D eigenvalue weighted by atomic mass is 16.5. The van der Waals surface area contributed by atoms with Gasteiger partial charge in [0.2, 0.25) is 0 Å². The molecule has 0 unspecified atom stereocenters. The summed E-state index contributed by atoms with van der Waals surface area (Å²) in [6.45, 7) is 7.70. The van der Waals surface area contributed by atoms with E-state index in [-0.39, 0.29) is 17.4 Å². The molecule has 0 aliphatic carbocycles. The first-order chi connectivity index (χ1) is 8.93. The van der Waals surface area contributed by atoms with Gasteiger partial charge in [-0.05, 0) is 18.9 Å². The van der Waals surface area contributed by atoms with Crippen molar-refractivity contribution in [3.8, 4) is 0 Å². The fourth-order valence-electron chi connectivity index (χ4n) is 2.23. The first kappa shape index (κ1) is 14.1. The van der Waals surface area contributed by atoms with E-state index in [0.717, 1.165) is 31.7 Å². The molecule has 0 N–H and O–H groups in total. The molecule has 2 heterocycles. The summed E-state index contributed by atoms with van der Waals surface area (Å²) in [5.41, 5.74) is 1.37. The smallest absolute Gasteiger partial charge is 0.356 e. The van der Waals surface area contributed by atoms with Gasteiger partial charge in [0.05, 0.1) is 18.8 Å². The Labute approximate surface area is 113 Å². The molecule has 0 atom stereocenters. The Morgan fingerprint density at radius 3 is 2.58 bits per heavy atom. The highest BCUT2D eigenvalue weighted by Gasteiger charge is 2.27. The van der Waals surface area contributed by atoms with Gasteiger partial charge in [-0.25, -0.2) is 4.79 Å². The molecule has 1 aliphatic heterocycles. The van der Waals surface area contributed by atoms with Crippen LogP contribution in [0.2, 0.25) is 0 Å². The molecule has 0 amide bonds. The van der Waals surface area contributed by atoms with Crippen molar-refractivity contribution in [3.63, 3.8) is 0 Å². The van der Waals surface area contributed by atoms with Crippen molar-refractivity contribution in [2.45, 2.75) is 45.1 Å². The number of nitrogens with zero attached hydrogens (tertiary/aromatic N) is 2. The zero-order valence-electron chi connectivity index (χ0n) is 12.1. The monoisotopic (exact) mass is 266 g/mol. The summed E-state index contributed by atoms with van der Waals surface area (Å²) in [6.07, 6.45) is 1.77. The predicted octanol–water partition coefficient (Wildman–Crippen LogP) is 2.32. The van der Waals surface area contributed by atoms with Crippen molar-refractivity contribution in [2.75, 3.05) is 20.3 Å². The minimum atomic E-state index is -0.325. The van der Waals surface area contributed by atoms with Gasteiger partial charge in [-0.2, -0.15) is 5.10 Å². The van der Waals surface area contributed by atoms with Gasteiger partial charge in [0.1, 0.15) is 5.69 Å². The molecule has 0 spiro atoms. The van der Waals surface area contributed by atoms with Gasteiger partial charge in [0.15, 0.2) is 0 Å². The van der Waals surface area contributed by atoms with Crippen LogP contribution in [-0.2, 0) is 14.9 Å². The second-order valence-electron chi connectivity index (χ2n) is 5.94. The van der Waals surface area contributed by atoms with Crippen LogP contribution < -0.4 is 0 Å². The molecule has 1 aromatic heterocycles. The average Bonchev–Trinajstić information content (AvgIpc) is 2.83. The van der Waals surface area contributed by atoms with Gasteiger partial charge in [0, 0.05) is 18.6 Å². The normalized spacial score (nSPS) is 17.5. The van der Waals surface area contributed by atoms with E-state index in [1.54, 1.807) is 0 Å². The summed E-state index contributed by atoms with van der Waals surface area (Å²) in [5, 5.41) is 4.63. The van der Waals surface area contributed by atoms with E-state index in [1.807, 2.05) is 10.7 Å². The van der Waals surface area contributed by atoms with Gasteiger partial charge >= 0.3 is 5.97 Å². The van der Waals surface area contributed by atoms with Crippen LogP contribution in [0.4, 0.5) is 0 Å². The molecule has 106 valence electrons. The molecule has 2 rings (SSSR count). The summed E-state index contributed by atoms with van der Waals surface area (Å²) in [5.74, 6) is -0.325. The number of ether oxygens (including phenoxy) is 2. The van der Waals surface area contributed by atoms with Gasteiger partial charge in [0.25, 0.3) is 0 Å². The van der Waals surface area contributed by atoms with Crippen LogP contribution in [0.3, 0.4) is 0 Å². The van der Waals surface area contributed by atoms with Crippen LogP contribution in [0.5, 0.6) is 0 Å². The number of hydrogen-bond acceptors (Lipinski definition) is 4. The van der Waals surface area contributed by atoms with E-state index in [9.17, 15) is 4.79 Å². The van der Waals surface area contributed by atoms with Crippen molar-refractivity contribution in [2.24, 2.45) is 0 Å². The fraction of sp³-hybridized carbons (Fsp3) is 0.714. The third-order valence-corrected chi connectivity index (χ3v) is 3.44. The fourth-order valence-corrected chi connectivity index (χ4v) is 2.23. The van der Waals surface area contributed by atoms with Gasteiger partial charge in [-0.3, -0.25) is 4.68 Å². The molecule has 19 heavy (non-hydrogen) atoms. The lowest BCUT2D eigenvalue weighted by atomic mass is 9.92. The number of carbonyl (C=O) groups is 1. The van der Waals surface area contributed by atoms with E-state index in [0.29, 0.717) is 5.69 Å². The maximum Gasteiger partial charge on any atom is 0.356 e. The number of aromatic nitrogens is 2.